The highest BCUT2D eigenvalue weighted by Gasteiger charge is 2.36. The predicted octanol–water partition coefficient (Wildman–Crippen LogP) is 2.98. The fourth-order valence-electron chi connectivity index (χ4n) is 2.39. The molecule has 0 heterocycles. The molecule has 0 amide bonds. The summed E-state index contributed by atoms with van der Waals surface area (Å²) in [6.07, 6.45) is 0.699. The van der Waals surface area contributed by atoms with Gasteiger partial charge in [0.2, 0.25) is 0 Å². The van der Waals surface area contributed by atoms with Crippen molar-refractivity contribution in [3.63, 3.8) is 0 Å². The van der Waals surface area contributed by atoms with Crippen molar-refractivity contribution in [3.8, 4) is 0 Å². The van der Waals surface area contributed by atoms with Gasteiger partial charge >= 0.3 is 5.97 Å². The van der Waals surface area contributed by atoms with Crippen molar-refractivity contribution < 1.29 is 14.3 Å². The monoisotopic (exact) mass is 275 g/mol. The zero-order valence-electron chi connectivity index (χ0n) is 11.3. The highest BCUT2D eigenvalue weighted by atomic mass is 16.5. The van der Waals surface area contributed by atoms with Crippen LogP contribution in [0, 0.1) is 0 Å². The van der Waals surface area contributed by atoms with E-state index in [4.69, 9.17) is 15.0 Å². The van der Waals surface area contributed by atoms with Crippen molar-refractivity contribution in [2.75, 3.05) is 0 Å². The lowest BCUT2D eigenvalue weighted by molar-refractivity contribution is -0.146. The number of hydrogen-bond acceptors (Lipinski definition) is 4. The van der Waals surface area contributed by atoms with Crippen molar-refractivity contribution in [3.05, 3.63) is 46.3 Å². The highest BCUT2D eigenvalue weighted by molar-refractivity contribution is 5.66. The summed E-state index contributed by atoms with van der Waals surface area (Å²) in [7, 11) is 0. The molecule has 0 bridgehead atoms. The topological polar surface area (TPSA) is 84.3 Å². The first-order chi connectivity index (χ1) is 9.69. The van der Waals surface area contributed by atoms with Crippen molar-refractivity contribution in [1.82, 2.24) is 0 Å². The number of nitrogens with zero attached hydrogens (tertiary/aromatic N) is 3. The lowest BCUT2D eigenvalue weighted by Gasteiger charge is -2.14. The zero-order chi connectivity index (χ0) is 14.4. The van der Waals surface area contributed by atoms with E-state index in [-0.39, 0.29) is 24.2 Å². The third-order valence-electron chi connectivity index (χ3n) is 3.27. The van der Waals surface area contributed by atoms with E-state index in [9.17, 15) is 4.79 Å². The van der Waals surface area contributed by atoms with Gasteiger partial charge in [-0.15, -0.1) is 0 Å². The van der Waals surface area contributed by atoms with Crippen molar-refractivity contribution in [1.29, 1.82) is 0 Å². The van der Waals surface area contributed by atoms with Crippen LogP contribution in [0.5, 0.6) is 0 Å². The van der Waals surface area contributed by atoms with Crippen molar-refractivity contribution >= 4 is 5.97 Å². The first-order valence-corrected chi connectivity index (χ1v) is 6.56. The van der Waals surface area contributed by atoms with Gasteiger partial charge in [-0.3, -0.25) is 4.79 Å². The maximum atomic E-state index is 11.0. The fourth-order valence-corrected chi connectivity index (χ4v) is 2.39. The van der Waals surface area contributed by atoms with Crippen LogP contribution in [0.3, 0.4) is 0 Å². The molecule has 0 aliphatic heterocycles. The maximum Gasteiger partial charge on any atom is 0.302 e. The lowest BCUT2D eigenvalue weighted by atomic mass is 10.2. The normalized spacial score (nSPS) is 24.9. The van der Waals surface area contributed by atoms with Crippen LogP contribution in [0.2, 0.25) is 0 Å². The summed E-state index contributed by atoms with van der Waals surface area (Å²) >= 11 is 0. The Labute approximate surface area is 117 Å². The molecule has 0 radical (unpaired) electrons. The molecule has 20 heavy (non-hydrogen) atoms. The Morgan fingerprint density at radius 2 is 2.15 bits per heavy atom. The number of ether oxygens (including phenoxy) is 2. The highest BCUT2D eigenvalue weighted by Crippen LogP contribution is 2.28. The Hall–Kier alpha value is -2.04. The zero-order valence-corrected chi connectivity index (χ0v) is 11.3. The minimum atomic E-state index is -0.385. The van der Waals surface area contributed by atoms with E-state index in [1.807, 2.05) is 30.3 Å². The molecule has 6 nitrogen and oxygen atoms in total. The molecule has 1 aliphatic rings. The summed E-state index contributed by atoms with van der Waals surface area (Å²) in [5.74, 6) is -0.364. The molecule has 3 atom stereocenters. The second kappa shape index (κ2) is 6.93. The third-order valence-corrected chi connectivity index (χ3v) is 3.27. The predicted molar refractivity (Wildman–Crippen MR) is 72.7 cm³/mol. The van der Waals surface area contributed by atoms with Crippen LogP contribution in [0.25, 0.3) is 10.4 Å². The van der Waals surface area contributed by atoms with Crippen LogP contribution in [-0.4, -0.2) is 24.2 Å². The van der Waals surface area contributed by atoms with Crippen LogP contribution < -0.4 is 0 Å². The van der Waals surface area contributed by atoms with E-state index in [0.29, 0.717) is 19.4 Å². The van der Waals surface area contributed by atoms with Gasteiger partial charge in [0, 0.05) is 18.3 Å². The minimum absolute atomic E-state index is 0.0601. The largest absolute Gasteiger partial charge is 0.462 e. The van der Waals surface area contributed by atoms with E-state index in [1.165, 1.54) is 6.92 Å². The van der Waals surface area contributed by atoms with Crippen molar-refractivity contribution in [2.24, 2.45) is 5.11 Å². The second-order valence-electron chi connectivity index (χ2n) is 4.81. The summed E-state index contributed by atoms with van der Waals surface area (Å²) in [6, 6.07) is 9.50. The van der Waals surface area contributed by atoms with Gasteiger partial charge in [0.05, 0.1) is 18.8 Å². The van der Waals surface area contributed by atoms with Crippen LogP contribution in [0.15, 0.2) is 35.4 Å². The number of rotatable bonds is 5. The Morgan fingerprint density at radius 1 is 1.40 bits per heavy atom. The Kier molecular flexibility index (Phi) is 4.98. The van der Waals surface area contributed by atoms with Crippen LogP contribution in [-0.2, 0) is 20.9 Å². The SMILES string of the molecule is CC(=O)O[C@H]1C[C@H](OCc2ccccc2)CC1N=[N+]=[N-]. The van der Waals surface area contributed by atoms with Gasteiger partial charge in [-0.2, -0.15) is 0 Å². The molecule has 1 unspecified atom stereocenters. The first-order valence-electron chi connectivity index (χ1n) is 6.56. The van der Waals surface area contributed by atoms with E-state index in [1.54, 1.807) is 0 Å². The quantitative estimate of drug-likeness (QED) is 0.358. The molecule has 0 aromatic heterocycles. The first kappa shape index (κ1) is 14.4. The molecule has 106 valence electrons. The molecule has 0 N–H and O–H groups in total. The number of benzene rings is 1. The molecule has 0 spiro atoms. The molecule has 1 saturated carbocycles. The number of carbonyl (C=O) groups is 1. The van der Waals surface area contributed by atoms with Crippen LogP contribution >= 0.6 is 0 Å². The summed E-state index contributed by atoms with van der Waals surface area (Å²) in [5, 5.41) is 3.69. The summed E-state index contributed by atoms with van der Waals surface area (Å²) in [4.78, 5) is 13.8. The number of carbonyl (C=O) groups excluding carboxylic acids is 1. The smallest absolute Gasteiger partial charge is 0.302 e. The molecule has 1 aromatic carbocycles. The van der Waals surface area contributed by atoms with Gasteiger partial charge in [0.1, 0.15) is 6.10 Å². The number of hydrogen-bond donors (Lipinski definition) is 0. The van der Waals surface area contributed by atoms with Crippen LogP contribution in [0.4, 0.5) is 0 Å². The van der Waals surface area contributed by atoms with E-state index < -0.39 is 0 Å². The molecule has 1 aliphatic carbocycles. The Balaban J connectivity index is 1.90. The molecule has 0 saturated heterocycles. The van der Waals surface area contributed by atoms with Crippen molar-refractivity contribution in [2.45, 2.75) is 44.6 Å². The Bertz CT molecular complexity index is 500. The summed E-state index contributed by atoms with van der Waals surface area (Å²) < 4.78 is 11.0. The van der Waals surface area contributed by atoms with Gasteiger partial charge < -0.3 is 9.47 Å². The number of azide groups is 1. The summed E-state index contributed by atoms with van der Waals surface area (Å²) in [5.41, 5.74) is 9.64. The van der Waals surface area contributed by atoms with Gasteiger partial charge in [-0.1, -0.05) is 35.4 Å². The van der Waals surface area contributed by atoms with Gasteiger partial charge in [-0.05, 0) is 17.5 Å². The lowest BCUT2D eigenvalue weighted by Crippen LogP contribution is -2.23. The van der Waals surface area contributed by atoms with E-state index in [2.05, 4.69) is 10.0 Å². The minimum Gasteiger partial charge on any atom is -0.462 e. The molecule has 6 heteroatoms. The standard InChI is InChI=1S/C14H17N3O3/c1-10(18)20-14-8-12(7-13(14)16-17-15)19-9-11-5-3-2-4-6-11/h2-6,12-14H,7-9H2,1H3/t12-,13?,14+/m1/s1. The van der Waals surface area contributed by atoms with Gasteiger partial charge in [0.15, 0.2) is 0 Å². The molecule has 2 rings (SSSR count). The molecule has 1 fully saturated rings. The average molecular weight is 275 g/mol. The van der Waals surface area contributed by atoms with E-state index in [0.717, 1.165) is 5.56 Å². The summed E-state index contributed by atoms with van der Waals surface area (Å²) in [6.45, 7) is 1.85. The average Bonchev–Trinajstić information content (AvgIpc) is 2.80. The van der Waals surface area contributed by atoms with Gasteiger partial charge in [-0.25, -0.2) is 0 Å². The number of esters is 1. The Morgan fingerprint density at radius 3 is 2.80 bits per heavy atom. The molecule has 1 aromatic rings. The van der Waals surface area contributed by atoms with E-state index >= 15 is 0 Å². The third kappa shape index (κ3) is 3.98. The molecular weight excluding hydrogens is 258 g/mol. The maximum absolute atomic E-state index is 11.0. The second-order valence-corrected chi connectivity index (χ2v) is 4.81. The molecular formula is C14H17N3O3. The fraction of sp³-hybridized carbons (Fsp3) is 0.500. The van der Waals surface area contributed by atoms with Gasteiger partial charge in [0.25, 0.3) is 0 Å². The van der Waals surface area contributed by atoms with Crippen LogP contribution in [0.1, 0.15) is 25.3 Å².